The van der Waals surface area contributed by atoms with Crippen molar-refractivity contribution < 1.29 is 0 Å². The lowest BCUT2D eigenvalue weighted by molar-refractivity contribution is 1.18. The first-order valence-corrected chi connectivity index (χ1v) is 8.11. The molecule has 2 aromatic carbocycles. The van der Waals surface area contributed by atoms with E-state index in [1.54, 1.807) is 23.1 Å². The van der Waals surface area contributed by atoms with Crippen molar-refractivity contribution in [2.24, 2.45) is 0 Å². The van der Waals surface area contributed by atoms with E-state index in [-0.39, 0.29) is 0 Å². The SMILES string of the molecule is Nc1ccc2nc(Sc3ccc4ccccc4n3)sc2c1. The van der Waals surface area contributed by atoms with Gasteiger partial charge in [0, 0.05) is 11.1 Å². The molecule has 0 spiro atoms. The van der Waals surface area contributed by atoms with Crippen molar-refractivity contribution in [3.63, 3.8) is 0 Å². The maximum Gasteiger partial charge on any atom is 0.157 e. The highest BCUT2D eigenvalue weighted by atomic mass is 32.2. The third-order valence-corrected chi connectivity index (χ3v) is 5.17. The third-order valence-electron chi connectivity index (χ3n) is 3.16. The standard InChI is InChI=1S/C16H11N3S2/c17-11-6-7-13-14(9-11)20-16(19-13)21-15-8-5-10-3-1-2-4-12(10)18-15/h1-9H,17H2. The maximum absolute atomic E-state index is 5.81. The predicted octanol–water partition coefficient (Wildman–Crippen LogP) is 4.58. The van der Waals surface area contributed by atoms with Crippen LogP contribution in [0.4, 0.5) is 5.69 Å². The van der Waals surface area contributed by atoms with Crippen LogP contribution in [0, 0.1) is 0 Å². The Kier molecular flexibility index (Phi) is 3.02. The van der Waals surface area contributed by atoms with Gasteiger partial charge in [0.1, 0.15) is 5.03 Å². The summed E-state index contributed by atoms with van der Waals surface area (Å²) in [4.78, 5) is 9.28. The summed E-state index contributed by atoms with van der Waals surface area (Å²) in [5.74, 6) is 0. The zero-order valence-electron chi connectivity index (χ0n) is 11.0. The predicted molar refractivity (Wildman–Crippen MR) is 89.9 cm³/mol. The van der Waals surface area contributed by atoms with E-state index in [1.807, 2.05) is 42.5 Å². The normalized spacial score (nSPS) is 11.2. The number of hydrogen-bond acceptors (Lipinski definition) is 5. The summed E-state index contributed by atoms with van der Waals surface area (Å²) in [5.41, 5.74) is 8.57. The van der Waals surface area contributed by atoms with Crippen LogP contribution in [-0.4, -0.2) is 9.97 Å². The molecule has 5 heteroatoms. The maximum atomic E-state index is 5.81. The van der Waals surface area contributed by atoms with E-state index in [2.05, 4.69) is 22.1 Å². The first-order chi connectivity index (χ1) is 10.3. The van der Waals surface area contributed by atoms with Crippen LogP contribution in [0.5, 0.6) is 0 Å². The van der Waals surface area contributed by atoms with E-state index in [1.165, 1.54) is 0 Å². The molecule has 0 amide bonds. The van der Waals surface area contributed by atoms with E-state index < -0.39 is 0 Å². The number of pyridine rings is 1. The number of aromatic nitrogens is 2. The van der Waals surface area contributed by atoms with Crippen LogP contribution in [0.2, 0.25) is 0 Å². The number of nitrogen functional groups attached to an aromatic ring is 1. The zero-order chi connectivity index (χ0) is 14.2. The Morgan fingerprint density at radius 3 is 2.76 bits per heavy atom. The van der Waals surface area contributed by atoms with Crippen molar-refractivity contribution in [2.45, 2.75) is 9.37 Å². The second kappa shape index (κ2) is 5.02. The molecular formula is C16H11N3S2. The molecule has 0 aliphatic carbocycles. The molecule has 0 radical (unpaired) electrons. The second-order valence-electron chi connectivity index (χ2n) is 4.65. The molecule has 2 N–H and O–H groups in total. The number of nitrogens with zero attached hydrogens (tertiary/aromatic N) is 2. The van der Waals surface area contributed by atoms with Gasteiger partial charge in [-0.3, -0.25) is 0 Å². The highest BCUT2D eigenvalue weighted by molar-refractivity contribution is 8.01. The molecule has 0 bridgehead atoms. The topological polar surface area (TPSA) is 51.8 Å². The van der Waals surface area contributed by atoms with Crippen molar-refractivity contribution in [1.29, 1.82) is 0 Å². The lowest BCUT2D eigenvalue weighted by atomic mass is 10.2. The lowest BCUT2D eigenvalue weighted by Gasteiger charge is -2.00. The van der Waals surface area contributed by atoms with Crippen LogP contribution < -0.4 is 5.73 Å². The summed E-state index contributed by atoms with van der Waals surface area (Å²) in [5, 5.41) is 2.11. The number of thiazole rings is 1. The van der Waals surface area contributed by atoms with Gasteiger partial charge in [0.25, 0.3) is 0 Å². The average Bonchev–Trinajstić information content (AvgIpc) is 2.88. The molecule has 0 unspecified atom stereocenters. The molecule has 3 nitrogen and oxygen atoms in total. The Labute approximate surface area is 129 Å². The van der Waals surface area contributed by atoms with Crippen molar-refractivity contribution in [3.05, 3.63) is 54.6 Å². The highest BCUT2D eigenvalue weighted by Crippen LogP contribution is 2.34. The Morgan fingerprint density at radius 1 is 0.905 bits per heavy atom. The molecule has 0 saturated carbocycles. The fraction of sp³-hybridized carbons (Fsp3) is 0. The van der Waals surface area contributed by atoms with Crippen molar-refractivity contribution in [2.75, 3.05) is 5.73 Å². The van der Waals surface area contributed by atoms with Gasteiger partial charge in [-0.15, -0.1) is 11.3 Å². The molecule has 0 fully saturated rings. The molecule has 2 aromatic heterocycles. The second-order valence-corrected chi connectivity index (χ2v) is 6.95. The zero-order valence-corrected chi connectivity index (χ0v) is 12.6. The fourth-order valence-corrected chi connectivity index (χ4v) is 4.20. The highest BCUT2D eigenvalue weighted by Gasteiger charge is 2.07. The van der Waals surface area contributed by atoms with E-state index in [0.717, 1.165) is 36.2 Å². The quantitative estimate of drug-likeness (QED) is 0.551. The molecule has 4 rings (SSSR count). The number of rotatable bonds is 2. The molecule has 102 valence electrons. The van der Waals surface area contributed by atoms with Crippen LogP contribution in [0.15, 0.2) is 64.0 Å². The average molecular weight is 309 g/mol. The van der Waals surface area contributed by atoms with Gasteiger partial charge in [0.15, 0.2) is 4.34 Å². The van der Waals surface area contributed by atoms with Crippen LogP contribution in [0.25, 0.3) is 21.1 Å². The van der Waals surface area contributed by atoms with E-state index in [4.69, 9.17) is 5.73 Å². The van der Waals surface area contributed by atoms with Crippen LogP contribution in [-0.2, 0) is 0 Å². The van der Waals surface area contributed by atoms with Crippen molar-refractivity contribution in [3.8, 4) is 0 Å². The molecule has 4 aromatic rings. The van der Waals surface area contributed by atoms with Gasteiger partial charge < -0.3 is 5.73 Å². The van der Waals surface area contributed by atoms with Crippen LogP contribution in [0.3, 0.4) is 0 Å². The van der Waals surface area contributed by atoms with E-state index >= 15 is 0 Å². The Morgan fingerprint density at radius 2 is 1.81 bits per heavy atom. The fourth-order valence-electron chi connectivity index (χ4n) is 2.16. The van der Waals surface area contributed by atoms with Crippen molar-refractivity contribution in [1.82, 2.24) is 9.97 Å². The Hall–Kier alpha value is -2.11. The minimum atomic E-state index is 0.770. The number of nitrogens with two attached hydrogens (primary N) is 1. The van der Waals surface area contributed by atoms with Crippen molar-refractivity contribution >= 4 is 49.9 Å². The summed E-state index contributed by atoms with van der Waals surface area (Å²) in [6.45, 7) is 0. The monoisotopic (exact) mass is 309 g/mol. The minimum absolute atomic E-state index is 0.770. The first-order valence-electron chi connectivity index (χ1n) is 6.48. The number of benzene rings is 2. The first kappa shape index (κ1) is 12.6. The molecule has 0 atom stereocenters. The number of anilines is 1. The van der Waals surface area contributed by atoms with Gasteiger partial charge in [-0.05, 0) is 42.1 Å². The van der Waals surface area contributed by atoms with E-state index in [9.17, 15) is 0 Å². The lowest BCUT2D eigenvalue weighted by Crippen LogP contribution is -1.82. The van der Waals surface area contributed by atoms with Gasteiger partial charge in [0.05, 0.1) is 15.7 Å². The number of hydrogen-bond donors (Lipinski definition) is 1. The van der Waals surface area contributed by atoms with Gasteiger partial charge in [-0.1, -0.05) is 24.3 Å². The summed E-state index contributed by atoms with van der Waals surface area (Å²) in [6, 6.07) is 18.0. The number of fused-ring (bicyclic) bond motifs is 2. The molecule has 2 heterocycles. The Balaban J connectivity index is 1.71. The van der Waals surface area contributed by atoms with E-state index in [0.29, 0.717) is 0 Å². The Bertz CT molecular complexity index is 946. The minimum Gasteiger partial charge on any atom is -0.399 e. The smallest absolute Gasteiger partial charge is 0.157 e. The molecular weight excluding hydrogens is 298 g/mol. The third kappa shape index (κ3) is 2.46. The van der Waals surface area contributed by atoms with Crippen LogP contribution >= 0.6 is 23.1 Å². The largest absolute Gasteiger partial charge is 0.399 e. The summed E-state index contributed by atoms with van der Waals surface area (Å²) in [6.07, 6.45) is 0. The molecule has 0 aliphatic rings. The van der Waals surface area contributed by atoms with Gasteiger partial charge in [-0.2, -0.15) is 0 Å². The van der Waals surface area contributed by atoms with Crippen LogP contribution in [0.1, 0.15) is 0 Å². The van der Waals surface area contributed by atoms with Gasteiger partial charge >= 0.3 is 0 Å². The molecule has 0 aliphatic heterocycles. The number of para-hydroxylation sites is 1. The van der Waals surface area contributed by atoms with Gasteiger partial charge in [-0.25, -0.2) is 9.97 Å². The summed E-state index contributed by atoms with van der Waals surface area (Å²) < 4.78 is 2.09. The molecule has 21 heavy (non-hydrogen) atoms. The molecule has 0 saturated heterocycles. The summed E-state index contributed by atoms with van der Waals surface area (Å²) in [7, 11) is 0. The van der Waals surface area contributed by atoms with Gasteiger partial charge in [0.2, 0.25) is 0 Å². The summed E-state index contributed by atoms with van der Waals surface area (Å²) >= 11 is 3.23.